The zero-order valence-corrected chi connectivity index (χ0v) is 11.0. The third kappa shape index (κ3) is 1.77. The van der Waals surface area contributed by atoms with Crippen molar-refractivity contribution < 1.29 is 0 Å². The highest BCUT2D eigenvalue weighted by molar-refractivity contribution is 5.77. The SMILES string of the molecule is Cc1ccc2c(c1C)N(C)CC(C(C)C)N2. The van der Waals surface area contributed by atoms with Gasteiger partial charge in [-0.25, -0.2) is 0 Å². The van der Waals surface area contributed by atoms with Crippen LogP contribution in [0, 0.1) is 19.8 Å². The normalized spacial score (nSPS) is 19.6. The highest BCUT2D eigenvalue weighted by Gasteiger charge is 2.25. The quantitative estimate of drug-likeness (QED) is 0.778. The largest absolute Gasteiger partial charge is 0.379 e. The average Bonchev–Trinajstić information content (AvgIpc) is 2.22. The van der Waals surface area contributed by atoms with Crippen LogP contribution >= 0.6 is 0 Å². The standard InChI is InChI=1S/C14H22N2/c1-9(2)13-8-16(5)14-11(4)10(3)6-7-12(14)15-13/h6-7,9,13,15H,8H2,1-5H3. The van der Waals surface area contributed by atoms with Crippen LogP contribution in [0.3, 0.4) is 0 Å². The fourth-order valence-corrected chi connectivity index (χ4v) is 2.42. The van der Waals surface area contributed by atoms with Crippen molar-refractivity contribution >= 4 is 11.4 Å². The maximum absolute atomic E-state index is 3.65. The molecule has 0 aliphatic carbocycles. The molecule has 0 amide bonds. The fourth-order valence-electron chi connectivity index (χ4n) is 2.42. The van der Waals surface area contributed by atoms with E-state index in [-0.39, 0.29) is 0 Å². The molecule has 1 unspecified atom stereocenters. The Morgan fingerprint density at radius 2 is 2.00 bits per heavy atom. The summed E-state index contributed by atoms with van der Waals surface area (Å²) in [6.45, 7) is 10.0. The third-order valence-electron chi connectivity index (χ3n) is 3.70. The summed E-state index contributed by atoms with van der Waals surface area (Å²) in [5, 5.41) is 3.65. The van der Waals surface area contributed by atoms with E-state index >= 15 is 0 Å². The van der Waals surface area contributed by atoms with E-state index in [4.69, 9.17) is 0 Å². The van der Waals surface area contributed by atoms with E-state index < -0.39 is 0 Å². The van der Waals surface area contributed by atoms with Gasteiger partial charge in [0.1, 0.15) is 0 Å². The summed E-state index contributed by atoms with van der Waals surface area (Å²) in [6, 6.07) is 4.97. The topological polar surface area (TPSA) is 15.3 Å². The number of nitrogens with one attached hydrogen (secondary N) is 1. The summed E-state index contributed by atoms with van der Waals surface area (Å²) in [6.07, 6.45) is 0. The van der Waals surface area contributed by atoms with E-state index in [9.17, 15) is 0 Å². The minimum absolute atomic E-state index is 0.555. The van der Waals surface area contributed by atoms with Gasteiger partial charge < -0.3 is 10.2 Å². The Labute approximate surface area is 98.7 Å². The van der Waals surface area contributed by atoms with Gasteiger partial charge in [0.15, 0.2) is 0 Å². The molecule has 88 valence electrons. The molecule has 16 heavy (non-hydrogen) atoms. The molecule has 0 aromatic heterocycles. The molecule has 1 aromatic rings. The smallest absolute Gasteiger partial charge is 0.0632 e. The highest BCUT2D eigenvalue weighted by Crippen LogP contribution is 2.35. The first-order valence-electron chi connectivity index (χ1n) is 6.08. The van der Waals surface area contributed by atoms with E-state index in [1.54, 1.807) is 0 Å². The number of aryl methyl sites for hydroxylation is 1. The van der Waals surface area contributed by atoms with E-state index in [1.165, 1.54) is 22.5 Å². The van der Waals surface area contributed by atoms with Gasteiger partial charge in [-0.05, 0) is 37.0 Å². The van der Waals surface area contributed by atoms with Crippen molar-refractivity contribution in [1.29, 1.82) is 0 Å². The molecule has 0 spiro atoms. The number of fused-ring (bicyclic) bond motifs is 1. The van der Waals surface area contributed by atoms with E-state index in [0.29, 0.717) is 12.0 Å². The van der Waals surface area contributed by atoms with E-state index in [0.717, 1.165) is 6.54 Å². The Morgan fingerprint density at radius 1 is 1.31 bits per heavy atom. The number of benzene rings is 1. The van der Waals surface area contributed by atoms with Gasteiger partial charge in [0, 0.05) is 19.6 Å². The van der Waals surface area contributed by atoms with Crippen LogP contribution in [0.15, 0.2) is 12.1 Å². The zero-order chi connectivity index (χ0) is 11.9. The molecule has 2 heteroatoms. The van der Waals surface area contributed by atoms with Crippen LogP contribution in [0.4, 0.5) is 11.4 Å². The molecule has 1 atom stereocenters. The van der Waals surface area contributed by atoms with Crippen LogP contribution in [-0.2, 0) is 0 Å². The van der Waals surface area contributed by atoms with Crippen molar-refractivity contribution in [2.45, 2.75) is 33.7 Å². The highest BCUT2D eigenvalue weighted by atomic mass is 15.2. The zero-order valence-electron chi connectivity index (χ0n) is 11.0. The van der Waals surface area contributed by atoms with Gasteiger partial charge in [-0.1, -0.05) is 19.9 Å². The van der Waals surface area contributed by atoms with Crippen LogP contribution in [0.5, 0.6) is 0 Å². The van der Waals surface area contributed by atoms with Gasteiger partial charge in [0.25, 0.3) is 0 Å². The predicted octanol–water partition coefficient (Wildman–Crippen LogP) is 3.19. The maximum Gasteiger partial charge on any atom is 0.0632 e. The first kappa shape index (κ1) is 11.3. The molecule has 1 aromatic carbocycles. The molecule has 1 N–H and O–H groups in total. The van der Waals surface area contributed by atoms with Crippen LogP contribution in [-0.4, -0.2) is 19.6 Å². The van der Waals surface area contributed by atoms with E-state index in [1.807, 2.05) is 0 Å². The lowest BCUT2D eigenvalue weighted by molar-refractivity contribution is 0.514. The number of likely N-dealkylation sites (N-methyl/N-ethyl adjacent to an activating group) is 1. The second-order valence-corrected chi connectivity index (χ2v) is 5.28. The van der Waals surface area contributed by atoms with Gasteiger partial charge >= 0.3 is 0 Å². The third-order valence-corrected chi connectivity index (χ3v) is 3.70. The molecule has 1 aliphatic heterocycles. The summed E-state index contributed by atoms with van der Waals surface area (Å²) >= 11 is 0. The number of rotatable bonds is 1. The molecule has 0 bridgehead atoms. The van der Waals surface area contributed by atoms with Crippen molar-refractivity contribution in [2.24, 2.45) is 5.92 Å². The van der Waals surface area contributed by atoms with Crippen molar-refractivity contribution in [1.82, 2.24) is 0 Å². The molecular formula is C14H22N2. The Kier molecular flexibility index (Phi) is 2.83. The minimum atomic E-state index is 0.555. The molecular weight excluding hydrogens is 196 g/mol. The Bertz CT molecular complexity index is 396. The Hall–Kier alpha value is -1.18. The minimum Gasteiger partial charge on any atom is -0.379 e. The van der Waals surface area contributed by atoms with Crippen LogP contribution in [0.1, 0.15) is 25.0 Å². The van der Waals surface area contributed by atoms with Gasteiger partial charge in [-0.3, -0.25) is 0 Å². The van der Waals surface area contributed by atoms with Gasteiger partial charge in [-0.15, -0.1) is 0 Å². The van der Waals surface area contributed by atoms with Crippen molar-refractivity contribution in [3.8, 4) is 0 Å². The summed E-state index contributed by atoms with van der Waals surface area (Å²) in [5.41, 5.74) is 5.43. The van der Waals surface area contributed by atoms with Crippen molar-refractivity contribution in [3.63, 3.8) is 0 Å². The molecule has 2 nitrogen and oxygen atoms in total. The van der Waals surface area contributed by atoms with Crippen molar-refractivity contribution in [3.05, 3.63) is 23.3 Å². The molecule has 0 saturated heterocycles. The fraction of sp³-hybridized carbons (Fsp3) is 0.571. The van der Waals surface area contributed by atoms with Crippen LogP contribution < -0.4 is 10.2 Å². The number of nitrogens with zero attached hydrogens (tertiary/aromatic N) is 1. The number of hydrogen-bond acceptors (Lipinski definition) is 2. The van der Waals surface area contributed by atoms with Gasteiger partial charge in [0.2, 0.25) is 0 Å². The molecule has 0 radical (unpaired) electrons. The first-order chi connectivity index (χ1) is 7.50. The van der Waals surface area contributed by atoms with Gasteiger partial charge in [0.05, 0.1) is 11.4 Å². The second kappa shape index (κ2) is 4.00. The summed E-state index contributed by atoms with van der Waals surface area (Å²) in [7, 11) is 2.20. The summed E-state index contributed by atoms with van der Waals surface area (Å²) in [4.78, 5) is 2.39. The number of hydrogen-bond donors (Lipinski definition) is 1. The summed E-state index contributed by atoms with van der Waals surface area (Å²) in [5.74, 6) is 0.664. The molecule has 0 fully saturated rings. The average molecular weight is 218 g/mol. The first-order valence-corrected chi connectivity index (χ1v) is 6.08. The lowest BCUT2D eigenvalue weighted by Crippen LogP contribution is -2.42. The lowest BCUT2D eigenvalue weighted by atomic mass is 9.97. The van der Waals surface area contributed by atoms with E-state index in [2.05, 4.69) is 57.1 Å². The molecule has 1 aliphatic rings. The van der Waals surface area contributed by atoms with Gasteiger partial charge in [-0.2, -0.15) is 0 Å². The number of anilines is 2. The lowest BCUT2D eigenvalue weighted by Gasteiger charge is -2.38. The maximum atomic E-state index is 3.65. The molecule has 0 saturated carbocycles. The van der Waals surface area contributed by atoms with Crippen LogP contribution in [0.2, 0.25) is 0 Å². The van der Waals surface area contributed by atoms with Crippen molar-refractivity contribution in [2.75, 3.05) is 23.8 Å². The molecule has 1 heterocycles. The monoisotopic (exact) mass is 218 g/mol. The Balaban J connectivity index is 2.42. The second-order valence-electron chi connectivity index (χ2n) is 5.28. The van der Waals surface area contributed by atoms with Crippen LogP contribution in [0.25, 0.3) is 0 Å². The molecule has 2 rings (SSSR count). The summed E-state index contributed by atoms with van der Waals surface area (Å²) < 4.78 is 0. The Morgan fingerprint density at radius 3 is 2.62 bits per heavy atom. The predicted molar refractivity (Wildman–Crippen MR) is 71.4 cm³/mol.